The molecular formula is C19H28N2O3. The maximum absolute atomic E-state index is 12.4. The summed E-state index contributed by atoms with van der Waals surface area (Å²) in [4.78, 5) is 12.4. The molecule has 2 aliphatic rings. The maximum Gasteiger partial charge on any atom is 0.237 e. The molecule has 1 aromatic rings. The van der Waals surface area contributed by atoms with Gasteiger partial charge in [-0.15, -0.1) is 0 Å². The molecule has 0 spiro atoms. The standard InChI is InChI=1S/C19H28N2O3/c1-23-10-11-24-16-8-6-14(7-9-16)13-20-19(22)18-12-15-4-2-3-5-17(15)21-18/h6-9,15,17-18,21H,2-5,10-13H2,1H3,(H,20,22)/t15-,17-,18+/m1/s1. The monoisotopic (exact) mass is 332 g/mol. The fraction of sp³-hybridized carbons (Fsp3) is 0.632. The quantitative estimate of drug-likeness (QED) is 0.752. The first-order valence-corrected chi connectivity index (χ1v) is 9.00. The lowest BCUT2D eigenvalue weighted by molar-refractivity contribution is -0.123. The van der Waals surface area contributed by atoms with Crippen molar-refractivity contribution < 1.29 is 14.3 Å². The molecule has 1 amide bonds. The summed E-state index contributed by atoms with van der Waals surface area (Å²) in [7, 11) is 1.66. The number of hydrogen-bond acceptors (Lipinski definition) is 4. The van der Waals surface area contributed by atoms with Crippen LogP contribution in [0.1, 0.15) is 37.7 Å². The Morgan fingerprint density at radius 1 is 1.21 bits per heavy atom. The molecule has 3 atom stereocenters. The predicted octanol–water partition coefficient (Wildman–Crippen LogP) is 2.25. The van der Waals surface area contributed by atoms with E-state index in [0.717, 1.165) is 17.7 Å². The van der Waals surface area contributed by atoms with Crippen LogP contribution in [0.2, 0.25) is 0 Å². The number of ether oxygens (including phenoxy) is 2. The van der Waals surface area contributed by atoms with Crippen molar-refractivity contribution in [3.8, 4) is 5.75 Å². The van der Waals surface area contributed by atoms with Crippen LogP contribution in [-0.4, -0.2) is 38.3 Å². The van der Waals surface area contributed by atoms with E-state index in [4.69, 9.17) is 9.47 Å². The average molecular weight is 332 g/mol. The second-order valence-corrected chi connectivity index (χ2v) is 6.81. The number of hydrogen-bond donors (Lipinski definition) is 2. The fourth-order valence-electron chi connectivity index (χ4n) is 3.78. The van der Waals surface area contributed by atoms with Crippen molar-refractivity contribution in [1.82, 2.24) is 10.6 Å². The highest BCUT2D eigenvalue weighted by molar-refractivity contribution is 5.82. The Labute approximate surface area is 144 Å². The van der Waals surface area contributed by atoms with E-state index in [1.807, 2.05) is 24.3 Å². The molecule has 5 heteroatoms. The number of benzene rings is 1. The second kappa shape index (κ2) is 8.49. The third-order valence-electron chi connectivity index (χ3n) is 5.13. The van der Waals surface area contributed by atoms with Gasteiger partial charge < -0.3 is 20.1 Å². The summed E-state index contributed by atoms with van der Waals surface area (Å²) in [5.41, 5.74) is 1.08. The molecule has 24 heavy (non-hydrogen) atoms. The Morgan fingerprint density at radius 3 is 2.75 bits per heavy atom. The van der Waals surface area contributed by atoms with Gasteiger partial charge in [-0.1, -0.05) is 25.0 Å². The van der Waals surface area contributed by atoms with Gasteiger partial charge in [0.25, 0.3) is 0 Å². The van der Waals surface area contributed by atoms with Crippen molar-refractivity contribution >= 4 is 5.91 Å². The minimum Gasteiger partial charge on any atom is -0.491 e. The van der Waals surface area contributed by atoms with Gasteiger partial charge in [-0.25, -0.2) is 0 Å². The molecule has 1 aliphatic heterocycles. The zero-order valence-corrected chi connectivity index (χ0v) is 14.4. The van der Waals surface area contributed by atoms with Crippen LogP contribution >= 0.6 is 0 Å². The SMILES string of the molecule is COCCOc1ccc(CNC(=O)[C@@H]2C[C@H]3CCCC[C@H]3N2)cc1. The highest BCUT2D eigenvalue weighted by Gasteiger charge is 2.37. The van der Waals surface area contributed by atoms with E-state index < -0.39 is 0 Å². The summed E-state index contributed by atoms with van der Waals surface area (Å²) < 4.78 is 10.5. The zero-order valence-electron chi connectivity index (χ0n) is 14.4. The van der Waals surface area contributed by atoms with Gasteiger partial charge in [-0.2, -0.15) is 0 Å². The van der Waals surface area contributed by atoms with E-state index in [1.54, 1.807) is 7.11 Å². The first-order valence-electron chi connectivity index (χ1n) is 9.00. The normalized spacial score (nSPS) is 26.0. The van der Waals surface area contributed by atoms with Crippen LogP contribution in [-0.2, 0) is 16.1 Å². The molecule has 0 bridgehead atoms. The molecule has 1 aliphatic carbocycles. The molecule has 1 heterocycles. The minimum atomic E-state index is -0.0187. The Hall–Kier alpha value is -1.59. The maximum atomic E-state index is 12.4. The summed E-state index contributed by atoms with van der Waals surface area (Å²) in [6, 6.07) is 8.38. The Bertz CT molecular complexity index is 518. The Balaban J connectivity index is 1.43. The molecular weight excluding hydrogens is 304 g/mol. The van der Waals surface area contributed by atoms with Gasteiger partial charge in [-0.3, -0.25) is 4.79 Å². The molecule has 1 saturated heterocycles. The summed E-state index contributed by atoms with van der Waals surface area (Å²) in [6.45, 7) is 1.68. The lowest BCUT2D eigenvalue weighted by atomic mass is 9.85. The summed E-state index contributed by atoms with van der Waals surface area (Å²) >= 11 is 0. The van der Waals surface area contributed by atoms with Crippen LogP contribution in [0.3, 0.4) is 0 Å². The Morgan fingerprint density at radius 2 is 2.00 bits per heavy atom. The molecule has 0 unspecified atom stereocenters. The van der Waals surface area contributed by atoms with Crippen molar-refractivity contribution in [2.75, 3.05) is 20.3 Å². The molecule has 1 aromatic carbocycles. The largest absolute Gasteiger partial charge is 0.491 e. The van der Waals surface area contributed by atoms with E-state index in [1.165, 1.54) is 25.7 Å². The van der Waals surface area contributed by atoms with Gasteiger partial charge in [0.15, 0.2) is 0 Å². The van der Waals surface area contributed by atoms with Crippen molar-refractivity contribution in [1.29, 1.82) is 0 Å². The van der Waals surface area contributed by atoms with Gasteiger partial charge in [0.2, 0.25) is 5.91 Å². The summed E-state index contributed by atoms with van der Waals surface area (Å²) in [5.74, 6) is 1.64. The van der Waals surface area contributed by atoms with Gasteiger partial charge >= 0.3 is 0 Å². The number of amides is 1. The number of carbonyl (C=O) groups is 1. The van der Waals surface area contributed by atoms with Crippen LogP contribution in [0.15, 0.2) is 24.3 Å². The van der Waals surface area contributed by atoms with Crippen molar-refractivity contribution in [3.05, 3.63) is 29.8 Å². The summed E-state index contributed by atoms with van der Waals surface area (Å²) in [6.07, 6.45) is 6.09. The first-order chi connectivity index (χ1) is 11.8. The van der Waals surface area contributed by atoms with Crippen LogP contribution in [0.5, 0.6) is 5.75 Å². The number of rotatable bonds is 7. The molecule has 2 fully saturated rings. The third-order valence-corrected chi connectivity index (χ3v) is 5.13. The average Bonchev–Trinajstić information content (AvgIpc) is 3.05. The first kappa shape index (κ1) is 17.2. The lowest BCUT2D eigenvalue weighted by Crippen LogP contribution is -2.42. The van der Waals surface area contributed by atoms with Crippen LogP contribution in [0.25, 0.3) is 0 Å². The topological polar surface area (TPSA) is 59.6 Å². The lowest BCUT2D eigenvalue weighted by Gasteiger charge is -2.24. The van der Waals surface area contributed by atoms with Gasteiger partial charge in [0.1, 0.15) is 12.4 Å². The summed E-state index contributed by atoms with van der Waals surface area (Å²) in [5, 5.41) is 6.58. The van der Waals surface area contributed by atoms with Crippen molar-refractivity contribution in [2.45, 2.75) is 50.7 Å². The van der Waals surface area contributed by atoms with Crippen LogP contribution in [0, 0.1) is 5.92 Å². The number of nitrogens with one attached hydrogen (secondary N) is 2. The van der Waals surface area contributed by atoms with Crippen molar-refractivity contribution in [3.63, 3.8) is 0 Å². The molecule has 3 rings (SSSR count). The van der Waals surface area contributed by atoms with Crippen molar-refractivity contribution in [2.24, 2.45) is 5.92 Å². The second-order valence-electron chi connectivity index (χ2n) is 6.81. The minimum absolute atomic E-state index is 0.0187. The molecule has 2 N–H and O–H groups in total. The van der Waals surface area contributed by atoms with E-state index in [0.29, 0.717) is 31.7 Å². The molecule has 5 nitrogen and oxygen atoms in total. The van der Waals surface area contributed by atoms with E-state index in [2.05, 4.69) is 10.6 Å². The zero-order chi connectivity index (χ0) is 16.8. The predicted molar refractivity (Wildman–Crippen MR) is 92.9 cm³/mol. The highest BCUT2D eigenvalue weighted by Crippen LogP contribution is 2.33. The van der Waals surface area contributed by atoms with Gasteiger partial charge in [0, 0.05) is 19.7 Å². The van der Waals surface area contributed by atoms with E-state index in [-0.39, 0.29) is 11.9 Å². The molecule has 0 radical (unpaired) electrons. The number of carbonyl (C=O) groups excluding carboxylic acids is 1. The number of fused-ring (bicyclic) bond motifs is 1. The number of methoxy groups -OCH3 is 1. The van der Waals surface area contributed by atoms with Gasteiger partial charge in [0.05, 0.1) is 12.6 Å². The third kappa shape index (κ3) is 4.48. The smallest absolute Gasteiger partial charge is 0.237 e. The van der Waals surface area contributed by atoms with E-state index in [9.17, 15) is 4.79 Å². The van der Waals surface area contributed by atoms with E-state index >= 15 is 0 Å². The molecule has 132 valence electrons. The van der Waals surface area contributed by atoms with Crippen LogP contribution < -0.4 is 15.4 Å². The van der Waals surface area contributed by atoms with Crippen LogP contribution in [0.4, 0.5) is 0 Å². The highest BCUT2D eigenvalue weighted by atomic mass is 16.5. The molecule has 0 aromatic heterocycles. The molecule has 1 saturated carbocycles. The Kier molecular flexibility index (Phi) is 6.10. The van der Waals surface area contributed by atoms with Gasteiger partial charge in [-0.05, 0) is 42.9 Å². The fourth-order valence-corrected chi connectivity index (χ4v) is 3.78.